The number of aliphatic carboxylic acids is 4. The van der Waals surface area contributed by atoms with Crippen molar-refractivity contribution in [1.82, 2.24) is 29.7 Å². The number of carboxylic acids is 4. The number of carbonyl (C=O) groups is 4. The number of aromatic nitrogens is 4. The largest absolute Gasteiger partial charge is 0.480 e. The third kappa shape index (κ3) is 15.1. The SMILES string of the molecule is CC(C)CC(NC(Cc1cncn1Cc1cc(Cl)cc(Cl)c1)C(=O)O)C(=O)O.Cc1ccc(Cn2cncc2CC(NC(CC(C)C)C(=O)O)C(=O)O)cc1. The van der Waals surface area contributed by atoms with Crippen molar-refractivity contribution in [3.05, 3.63) is 106 Å². The summed E-state index contributed by atoms with van der Waals surface area (Å²) in [7, 11) is 0. The van der Waals surface area contributed by atoms with Crippen molar-refractivity contribution < 1.29 is 39.6 Å². The molecule has 4 rings (SSSR count). The highest BCUT2D eigenvalue weighted by Gasteiger charge is 2.29. The van der Waals surface area contributed by atoms with Crippen molar-refractivity contribution in [3.8, 4) is 0 Å². The molecule has 2 aromatic heterocycles. The maximum atomic E-state index is 11.7. The van der Waals surface area contributed by atoms with Crippen molar-refractivity contribution in [2.24, 2.45) is 11.8 Å². The van der Waals surface area contributed by atoms with Crippen LogP contribution in [0, 0.1) is 18.8 Å². The lowest BCUT2D eigenvalue weighted by Crippen LogP contribution is -2.49. The summed E-state index contributed by atoms with van der Waals surface area (Å²) in [4.78, 5) is 54.6. The van der Waals surface area contributed by atoms with Gasteiger partial charge in [0, 0.05) is 59.8 Å². The minimum atomic E-state index is -1.12. The first-order valence-corrected chi connectivity index (χ1v) is 18.6. The lowest BCUT2D eigenvalue weighted by Gasteiger charge is -2.22. The van der Waals surface area contributed by atoms with E-state index in [1.165, 1.54) is 5.56 Å². The van der Waals surface area contributed by atoms with Crippen LogP contribution in [0.15, 0.2) is 67.5 Å². The van der Waals surface area contributed by atoms with E-state index in [1.54, 1.807) is 47.8 Å². The van der Waals surface area contributed by atoms with Crippen LogP contribution in [0.4, 0.5) is 0 Å². The summed E-state index contributed by atoms with van der Waals surface area (Å²) >= 11 is 12.1. The maximum absolute atomic E-state index is 11.7. The summed E-state index contributed by atoms with van der Waals surface area (Å²) in [6, 6.07) is 9.37. The fourth-order valence-electron chi connectivity index (χ4n) is 5.87. The molecule has 55 heavy (non-hydrogen) atoms. The Hall–Kier alpha value is -4.76. The van der Waals surface area contributed by atoms with Gasteiger partial charge in [0.1, 0.15) is 24.2 Å². The van der Waals surface area contributed by atoms with E-state index in [0.29, 0.717) is 41.7 Å². The molecule has 2 heterocycles. The number of rotatable bonds is 20. The predicted molar refractivity (Wildman–Crippen MR) is 209 cm³/mol. The Labute approximate surface area is 330 Å². The number of nitrogens with zero attached hydrogens (tertiary/aromatic N) is 4. The molecule has 14 nitrogen and oxygen atoms in total. The average Bonchev–Trinajstić information content (AvgIpc) is 3.71. The molecule has 0 spiro atoms. The second kappa shape index (κ2) is 21.4. The molecule has 0 saturated carbocycles. The van der Waals surface area contributed by atoms with Crippen molar-refractivity contribution in [3.63, 3.8) is 0 Å². The molecule has 6 N–H and O–H groups in total. The lowest BCUT2D eigenvalue weighted by atomic mass is 10.0. The fraction of sp³-hybridized carbons (Fsp3) is 0.436. The van der Waals surface area contributed by atoms with E-state index >= 15 is 0 Å². The average molecular weight is 802 g/mol. The van der Waals surface area contributed by atoms with Crippen LogP contribution in [-0.4, -0.2) is 87.6 Å². The summed E-state index contributed by atoms with van der Waals surface area (Å²) in [5.74, 6) is -4.05. The Bertz CT molecular complexity index is 1860. The summed E-state index contributed by atoms with van der Waals surface area (Å²) in [6.45, 7) is 10.6. The van der Waals surface area contributed by atoms with Crippen LogP contribution in [0.25, 0.3) is 0 Å². The Morgan fingerprint density at radius 3 is 1.36 bits per heavy atom. The van der Waals surface area contributed by atoms with Gasteiger partial charge in [0.25, 0.3) is 0 Å². The molecule has 16 heteroatoms. The minimum Gasteiger partial charge on any atom is -0.480 e. The van der Waals surface area contributed by atoms with E-state index in [1.807, 2.05) is 63.5 Å². The molecule has 0 bridgehead atoms. The molecular formula is C39H50Cl2N6O8. The van der Waals surface area contributed by atoms with Crippen LogP contribution in [0.3, 0.4) is 0 Å². The van der Waals surface area contributed by atoms with Crippen LogP contribution < -0.4 is 10.6 Å². The number of nitrogens with one attached hydrogen (secondary N) is 2. The smallest absolute Gasteiger partial charge is 0.321 e. The fourth-order valence-corrected chi connectivity index (χ4v) is 6.44. The zero-order valence-electron chi connectivity index (χ0n) is 31.5. The first kappa shape index (κ1) is 44.6. The topological polar surface area (TPSA) is 209 Å². The van der Waals surface area contributed by atoms with Gasteiger partial charge in [0.15, 0.2) is 0 Å². The maximum Gasteiger partial charge on any atom is 0.321 e. The Morgan fingerprint density at radius 1 is 0.618 bits per heavy atom. The Kier molecular flexibility index (Phi) is 17.3. The van der Waals surface area contributed by atoms with Gasteiger partial charge in [-0.3, -0.25) is 29.8 Å². The summed E-state index contributed by atoms with van der Waals surface area (Å²) in [5, 5.41) is 44.4. The normalized spacial score (nSPS) is 13.5. The second-order valence-electron chi connectivity index (χ2n) is 14.4. The molecule has 0 aliphatic rings. The number of carboxylic acid groups (broad SMARTS) is 4. The van der Waals surface area contributed by atoms with Crippen LogP contribution in [-0.2, 0) is 45.1 Å². The van der Waals surface area contributed by atoms with E-state index in [4.69, 9.17) is 23.2 Å². The quantitative estimate of drug-likeness (QED) is 0.0641. The van der Waals surface area contributed by atoms with Crippen LogP contribution in [0.2, 0.25) is 10.0 Å². The Morgan fingerprint density at radius 2 is 1.00 bits per heavy atom. The van der Waals surface area contributed by atoms with Gasteiger partial charge in [-0.1, -0.05) is 80.7 Å². The third-order valence-corrected chi connectivity index (χ3v) is 9.02. The van der Waals surface area contributed by atoms with Crippen molar-refractivity contribution in [2.45, 2.75) is 97.6 Å². The number of halogens is 2. The zero-order chi connectivity index (χ0) is 40.8. The molecule has 4 aromatic rings. The molecule has 4 atom stereocenters. The molecule has 0 saturated heterocycles. The highest BCUT2D eigenvalue weighted by molar-refractivity contribution is 6.34. The highest BCUT2D eigenvalue weighted by atomic mass is 35.5. The Balaban J connectivity index is 0.000000296. The number of imidazole rings is 2. The van der Waals surface area contributed by atoms with Crippen molar-refractivity contribution >= 4 is 47.1 Å². The molecule has 4 unspecified atom stereocenters. The van der Waals surface area contributed by atoms with Gasteiger partial charge < -0.3 is 29.6 Å². The third-order valence-electron chi connectivity index (χ3n) is 8.58. The van der Waals surface area contributed by atoms with Crippen LogP contribution in [0.5, 0.6) is 0 Å². The van der Waals surface area contributed by atoms with E-state index in [2.05, 4.69) is 20.6 Å². The second-order valence-corrected chi connectivity index (χ2v) is 15.2. The summed E-state index contributed by atoms with van der Waals surface area (Å²) in [6.07, 6.45) is 7.39. The van der Waals surface area contributed by atoms with E-state index in [0.717, 1.165) is 16.8 Å². The van der Waals surface area contributed by atoms with Crippen LogP contribution in [0.1, 0.15) is 68.6 Å². The molecular weight excluding hydrogens is 751 g/mol. The first-order chi connectivity index (χ1) is 25.9. The summed E-state index contributed by atoms with van der Waals surface area (Å²) in [5.41, 5.74) is 4.50. The highest BCUT2D eigenvalue weighted by Crippen LogP contribution is 2.21. The van der Waals surface area contributed by atoms with E-state index < -0.39 is 48.0 Å². The van der Waals surface area contributed by atoms with Gasteiger partial charge in [0.2, 0.25) is 0 Å². The molecule has 0 amide bonds. The minimum absolute atomic E-state index is 0.0888. The summed E-state index contributed by atoms with van der Waals surface area (Å²) < 4.78 is 3.68. The first-order valence-electron chi connectivity index (χ1n) is 17.8. The monoisotopic (exact) mass is 800 g/mol. The molecule has 0 fully saturated rings. The van der Waals surface area contributed by atoms with Crippen LogP contribution >= 0.6 is 23.2 Å². The molecule has 0 radical (unpaired) electrons. The van der Waals surface area contributed by atoms with E-state index in [-0.39, 0.29) is 24.7 Å². The van der Waals surface area contributed by atoms with Crippen molar-refractivity contribution in [2.75, 3.05) is 0 Å². The standard InChI is InChI=1S/C20H27N3O4.C19H23Cl2N3O4/c1-13(2)8-17(19(24)25)22-18(20(26)27)9-16-10-21-12-23(16)11-15-6-4-14(3)5-7-15;1-11(2)3-16(18(25)26)23-17(19(27)28)7-15-8-22-10-24(15)9-12-4-13(20)6-14(21)5-12/h4-7,10,12-13,17-18,22H,8-9,11H2,1-3H3,(H,24,25)(H,26,27);4-6,8,10-11,16-17,23H,3,7,9H2,1-2H3,(H,25,26)(H,27,28). The lowest BCUT2D eigenvalue weighted by molar-refractivity contribution is -0.144. The van der Waals surface area contributed by atoms with Gasteiger partial charge >= 0.3 is 23.9 Å². The number of hydrogen-bond acceptors (Lipinski definition) is 8. The van der Waals surface area contributed by atoms with E-state index in [9.17, 15) is 39.6 Å². The molecule has 298 valence electrons. The van der Waals surface area contributed by atoms with Gasteiger partial charge in [0.05, 0.1) is 12.7 Å². The van der Waals surface area contributed by atoms with Crippen molar-refractivity contribution in [1.29, 1.82) is 0 Å². The molecule has 2 aromatic carbocycles. The number of benzene rings is 2. The van der Waals surface area contributed by atoms with Gasteiger partial charge in [-0.05, 0) is 60.9 Å². The number of hydrogen-bond donors (Lipinski definition) is 6. The van der Waals surface area contributed by atoms with Gasteiger partial charge in [-0.15, -0.1) is 0 Å². The van der Waals surface area contributed by atoms with Gasteiger partial charge in [-0.25, -0.2) is 9.97 Å². The number of aryl methyl sites for hydroxylation is 1. The molecule has 0 aliphatic heterocycles. The van der Waals surface area contributed by atoms with Gasteiger partial charge in [-0.2, -0.15) is 0 Å². The predicted octanol–water partition coefficient (Wildman–Crippen LogP) is 5.65. The molecule has 0 aliphatic carbocycles. The zero-order valence-corrected chi connectivity index (χ0v) is 33.0.